The molecule has 1 rings (SSSR count). The number of benzene rings is 1. The first kappa shape index (κ1) is 12.6. The summed E-state index contributed by atoms with van der Waals surface area (Å²) in [5, 5.41) is 8.91. The van der Waals surface area contributed by atoms with Gasteiger partial charge in [-0.05, 0) is 24.6 Å². The fourth-order valence-electron chi connectivity index (χ4n) is 1.32. The van der Waals surface area contributed by atoms with Crippen LogP contribution in [0.1, 0.15) is 24.9 Å². The van der Waals surface area contributed by atoms with Crippen LogP contribution in [0.5, 0.6) is 0 Å². The Morgan fingerprint density at radius 3 is 2.62 bits per heavy atom. The van der Waals surface area contributed by atoms with E-state index >= 15 is 0 Å². The van der Waals surface area contributed by atoms with E-state index in [9.17, 15) is 9.18 Å². The molecule has 2 N–H and O–H groups in total. The first-order valence-electron chi connectivity index (χ1n) is 4.98. The molecule has 4 nitrogen and oxygen atoms in total. The highest BCUT2D eigenvalue weighted by Crippen LogP contribution is 2.17. The number of halogens is 1. The third kappa shape index (κ3) is 3.60. The fraction of sp³-hybridized carbons (Fsp3) is 0.364. The summed E-state index contributed by atoms with van der Waals surface area (Å²) in [5.41, 5.74) is 2.63. The highest BCUT2D eigenvalue weighted by molar-refractivity contribution is 5.70. The Labute approximate surface area is 93.0 Å². The molecule has 1 aromatic rings. The molecule has 0 saturated heterocycles. The van der Waals surface area contributed by atoms with Crippen LogP contribution in [0, 0.1) is 5.82 Å². The van der Waals surface area contributed by atoms with Gasteiger partial charge in [0.2, 0.25) is 0 Å². The minimum atomic E-state index is -0.584. The van der Waals surface area contributed by atoms with Gasteiger partial charge in [-0.25, -0.2) is 4.39 Å². The standard InChI is InChI=1S/C11H14FNO3/c1-2-16-11(14)7-10(13-15)8-3-5-9(12)6-4-8/h3-6,10,13,15H,2,7H2,1H3/t10-/m1/s1. The second-order valence-corrected chi connectivity index (χ2v) is 3.24. The van der Waals surface area contributed by atoms with E-state index in [2.05, 4.69) is 0 Å². The van der Waals surface area contributed by atoms with Gasteiger partial charge < -0.3 is 9.94 Å². The van der Waals surface area contributed by atoms with Crippen LogP contribution in [-0.4, -0.2) is 17.8 Å². The quantitative estimate of drug-likeness (QED) is 0.595. The lowest BCUT2D eigenvalue weighted by molar-refractivity contribution is -0.144. The number of esters is 1. The van der Waals surface area contributed by atoms with Gasteiger partial charge in [-0.1, -0.05) is 12.1 Å². The molecule has 0 aliphatic rings. The summed E-state index contributed by atoms with van der Waals surface area (Å²) in [4.78, 5) is 11.2. The molecule has 0 bridgehead atoms. The van der Waals surface area contributed by atoms with Crippen LogP contribution in [0.15, 0.2) is 24.3 Å². The van der Waals surface area contributed by atoms with Crippen molar-refractivity contribution < 1.29 is 19.1 Å². The van der Waals surface area contributed by atoms with Gasteiger partial charge in [0.1, 0.15) is 5.82 Å². The van der Waals surface area contributed by atoms with E-state index in [0.29, 0.717) is 12.2 Å². The summed E-state index contributed by atoms with van der Waals surface area (Å²) in [6.45, 7) is 2.00. The average molecular weight is 227 g/mol. The van der Waals surface area contributed by atoms with Gasteiger partial charge in [-0.2, -0.15) is 5.48 Å². The fourth-order valence-corrected chi connectivity index (χ4v) is 1.32. The Morgan fingerprint density at radius 2 is 2.12 bits per heavy atom. The Morgan fingerprint density at radius 1 is 1.50 bits per heavy atom. The van der Waals surface area contributed by atoms with Crippen LogP contribution in [0.2, 0.25) is 0 Å². The molecule has 0 radical (unpaired) electrons. The van der Waals surface area contributed by atoms with E-state index in [1.165, 1.54) is 24.3 Å². The number of hydroxylamine groups is 1. The second-order valence-electron chi connectivity index (χ2n) is 3.24. The van der Waals surface area contributed by atoms with Crippen molar-refractivity contribution in [3.63, 3.8) is 0 Å². The lowest BCUT2D eigenvalue weighted by atomic mass is 10.0. The topological polar surface area (TPSA) is 58.6 Å². The van der Waals surface area contributed by atoms with E-state index in [1.807, 2.05) is 5.48 Å². The predicted octanol–water partition coefficient (Wildman–Crippen LogP) is 1.80. The van der Waals surface area contributed by atoms with Gasteiger partial charge >= 0.3 is 5.97 Å². The monoisotopic (exact) mass is 227 g/mol. The minimum absolute atomic E-state index is 0.00400. The number of carbonyl (C=O) groups excluding carboxylic acids is 1. The molecule has 1 atom stereocenters. The third-order valence-electron chi connectivity index (χ3n) is 2.10. The van der Waals surface area contributed by atoms with Crippen molar-refractivity contribution in [2.75, 3.05) is 6.61 Å². The Bertz CT molecular complexity index is 340. The van der Waals surface area contributed by atoms with Crippen molar-refractivity contribution in [2.45, 2.75) is 19.4 Å². The van der Waals surface area contributed by atoms with Gasteiger partial charge in [-0.15, -0.1) is 0 Å². The molecule has 0 aliphatic heterocycles. The smallest absolute Gasteiger partial charge is 0.307 e. The van der Waals surface area contributed by atoms with Crippen molar-refractivity contribution in [2.24, 2.45) is 0 Å². The van der Waals surface area contributed by atoms with Crippen LogP contribution in [0.4, 0.5) is 4.39 Å². The zero-order valence-corrected chi connectivity index (χ0v) is 8.94. The van der Waals surface area contributed by atoms with E-state index in [0.717, 1.165) is 0 Å². The molecule has 0 saturated carbocycles. The summed E-state index contributed by atoms with van der Waals surface area (Å²) < 4.78 is 17.4. The van der Waals surface area contributed by atoms with Crippen LogP contribution in [0.25, 0.3) is 0 Å². The average Bonchev–Trinajstić information content (AvgIpc) is 2.27. The molecule has 5 heteroatoms. The zero-order chi connectivity index (χ0) is 12.0. The molecule has 0 amide bonds. The van der Waals surface area contributed by atoms with Crippen LogP contribution in [-0.2, 0) is 9.53 Å². The van der Waals surface area contributed by atoms with Crippen molar-refractivity contribution in [1.82, 2.24) is 5.48 Å². The van der Waals surface area contributed by atoms with Crippen LogP contribution < -0.4 is 5.48 Å². The van der Waals surface area contributed by atoms with Crippen molar-refractivity contribution in [3.05, 3.63) is 35.6 Å². The van der Waals surface area contributed by atoms with Crippen molar-refractivity contribution in [3.8, 4) is 0 Å². The normalized spacial score (nSPS) is 12.2. The molecule has 1 aromatic carbocycles. The summed E-state index contributed by atoms with van der Waals surface area (Å²) >= 11 is 0. The maximum absolute atomic E-state index is 12.7. The largest absolute Gasteiger partial charge is 0.466 e. The van der Waals surface area contributed by atoms with Crippen LogP contribution in [0.3, 0.4) is 0 Å². The maximum atomic E-state index is 12.7. The lowest BCUT2D eigenvalue weighted by Gasteiger charge is -2.14. The molecular formula is C11H14FNO3. The van der Waals surface area contributed by atoms with Crippen molar-refractivity contribution in [1.29, 1.82) is 0 Å². The Balaban J connectivity index is 2.67. The molecule has 16 heavy (non-hydrogen) atoms. The van der Waals surface area contributed by atoms with E-state index in [1.54, 1.807) is 6.92 Å². The molecule has 0 aromatic heterocycles. The van der Waals surface area contributed by atoms with Gasteiger partial charge in [0.05, 0.1) is 19.1 Å². The molecule has 0 heterocycles. The molecule has 0 spiro atoms. The van der Waals surface area contributed by atoms with E-state index in [-0.39, 0.29) is 12.2 Å². The molecule has 0 fully saturated rings. The summed E-state index contributed by atoms with van der Waals surface area (Å²) in [6, 6.07) is 4.96. The number of ether oxygens (including phenoxy) is 1. The molecule has 0 unspecified atom stereocenters. The number of rotatable bonds is 5. The lowest BCUT2D eigenvalue weighted by Crippen LogP contribution is -2.21. The highest BCUT2D eigenvalue weighted by Gasteiger charge is 2.15. The number of carbonyl (C=O) groups is 1. The summed E-state index contributed by atoms with van der Waals surface area (Å²) in [5.74, 6) is -0.782. The second kappa shape index (κ2) is 6.19. The van der Waals surface area contributed by atoms with Gasteiger partial charge in [0.15, 0.2) is 0 Å². The first-order chi connectivity index (χ1) is 7.67. The summed E-state index contributed by atoms with van der Waals surface area (Å²) in [6.07, 6.45) is -0.00400. The summed E-state index contributed by atoms with van der Waals surface area (Å²) in [7, 11) is 0. The van der Waals surface area contributed by atoms with Crippen molar-refractivity contribution >= 4 is 5.97 Å². The number of nitrogens with one attached hydrogen (secondary N) is 1. The van der Waals surface area contributed by atoms with Gasteiger partial charge in [0, 0.05) is 0 Å². The first-order valence-corrected chi connectivity index (χ1v) is 4.98. The minimum Gasteiger partial charge on any atom is -0.466 e. The molecule has 88 valence electrons. The van der Waals surface area contributed by atoms with Crippen LogP contribution >= 0.6 is 0 Å². The predicted molar refractivity (Wildman–Crippen MR) is 55.3 cm³/mol. The van der Waals surface area contributed by atoms with Gasteiger partial charge in [-0.3, -0.25) is 4.79 Å². The third-order valence-corrected chi connectivity index (χ3v) is 2.10. The maximum Gasteiger partial charge on any atom is 0.307 e. The Hall–Kier alpha value is -1.46. The SMILES string of the molecule is CCOC(=O)C[C@@H](NO)c1ccc(F)cc1. The van der Waals surface area contributed by atoms with E-state index in [4.69, 9.17) is 9.94 Å². The zero-order valence-electron chi connectivity index (χ0n) is 8.94. The Kier molecular flexibility index (Phi) is 4.88. The molecule has 0 aliphatic carbocycles. The highest BCUT2D eigenvalue weighted by atomic mass is 19.1. The number of hydrogen-bond donors (Lipinski definition) is 2. The molecular weight excluding hydrogens is 213 g/mol. The number of hydrogen-bond acceptors (Lipinski definition) is 4. The van der Waals surface area contributed by atoms with E-state index < -0.39 is 12.0 Å². The van der Waals surface area contributed by atoms with Gasteiger partial charge in [0.25, 0.3) is 0 Å².